The Morgan fingerprint density at radius 2 is 2.17 bits per heavy atom. The third kappa shape index (κ3) is 4.05. The second-order valence-electron chi connectivity index (χ2n) is 3.62. The summed E-state index contributed by atoms with van der Waals surface area (Å²) in [7, 11) is 3.03. The predicted molar refractivity (Wildman–Crippen MR) is 71.9 cm³/mol. The number of carbonyl (C=O) groups is 1. The van der Waals surface area contributed by atoms with E-state index in [2.05, 4.69) is 5.32 Å². The van der Waals surface area contributed by atoms with Gasteiger partial charge in [-0.3, -0.25) is 4.79 Å². The van der Waals surface area contributed by atoms with Gasteiger partial charge in [-0.1, -0.05) is 11.6 Å². The minimum absolute atomic E-state index is 0.246. The molecule has 0 saturated carbocycles. The lowest BCUT2D eigenvalue weighted by molar-refractivity contribution is 0.0904. The minimum Gasteiger partial charge on any atom is -0.496 e. The highest BCUT2D eigenvalue weighted by atomic mass is 35.5. The fourth-order valence-corrected chi connectivity index (χ4v) is 1.77. The average Bonchev–Trinajstić information content (AvgIpc) is 2.37. The van der Waals surface area contributed by atoms with Gasteiger partial charge in [0.2, 0.25) is 0 Å². The van der Waals surface area contributed by atoms with Crippen LogP contribution in [0.15, 0.2) is 18.2 Å². The highest BCUT2D eigenvalue weighted by molar-refractivity contribution is 6.30. The van der Waals surface area contributed by atoms with E-state index in [1.165, 1.54) is 7.11 Å². The number of ether oxygens (including phenoxy) is 2. The molecule has 1 amide bonds. The van der Waals surface area contributed by atoms with Gasteiger partial charge in [-0.25, -0.2) is 0 Å². The Morgan fingerprint density at radius 1 is 1.44 bits per heavy atom. The van der Waals surface area contributed by atoms with E-state index in [9.17, 15) is 4.79 Å². The van der Waals surface area contributed by atoms with Crippen LogP contribution in [0.3, 0.4) is 0 Å². The summed E-state index contributed by atoms with van der Waals surface area (Å²) in [6.45, 7) is 0.352. The predicted octanol–water partition coefficient (Wildman–Crippen LogP) is 2.33. The lowest BCUT2D eigenvalue weighted by Crippen LogP contribution is -2.39. The summed E-state index contributed by atoms with van der Waals surface area (Å²) in [6.07, 6.45) is 0. The maximum atomic E-state index is 12.0. The summed E-state index contributed by atoms with van der Waals surface area (Å²) in [6, 6.07) is 4.58. The number of hydrogen-bond donors (Lipinski definition) is 1. The van der Waals surface area contributed by atoms with E-state index in [1.54, 1.807) is 25.3 Å². The van der Waals surface area contributed by atoms with Crippen LogP contribution in [0, 0.1) is 0 Å². The van der Waals surface area contributed by atoms with Crippen molar-refractivity contribution in [2.75, 3.05) is 26.7 Å². The molecule has 6 heteroatoms. The fourth-order valence-electron chi connectivity index (χ4n) is 1.44. The normalized spacial score (nSPS) is 12.0. The van der Waals surface area contributed by atoms with Crippen LogP contribution in [-0.4, -0.2) is 38.7 Å². The van der Waals surface area contributed by atoms with Gasteiger partial charge in [-0.15, -0.1) is 11.6 Å². The molecule has 0 aromatic heterocycles. The van der Waals surface area contributed by atoms with Gasteiger partial charge in [0, 0.05) is 18.0 Å². The molecule has 1 unspecified atom stereocenters. The van der Waals surface area contributed by atoms with Gasteiger partial charge < -0.3 is 14.8 Å². The smallest absolute Gasteiger partial charge is 0.255 e. The third-order valence-electron chi connectivity index (χ3n) is 2.30. The van der Waals surface area contributed by atoms with Crippen molar-refractivity contribution in [3.05, 3.63) is 28.8 Å². The first kappa shape index (κ1) is 15.1. The van der Waals surface area contributed by atoms with Crippen LogP contribution in [0.2, 0.25) is 5.02 Å². The molecule has 1 N–H and O–H groups in total. The van der Waals surface area contributed by atoms with Crippen LogP contribution in [0.5, 0.6) is 5.75 Å². The standard InChI is InChI=1S/C12H15Cl2NO3/c1-17-7-9(6-13)15-12(16)10-4-3-8(14)5-11(10)18-2/h3-5,9H,6-7H2,1-2H3,(H,15,16). The molecule has 0 aliphatic carbocycles. The average molecular weight is 292 g/mol. The highest BCUT2D eigenvalue weighted by Gasteiger charge is 2.16. The summed E-state index contributed by atoms with van der Waals surface area (Å²) in [5.74, 6) is 0.423. The SMILES string of the molecule is COCC(CCl)NC(=O)c1ccc(Cl)cc1OC. The number of halogens is 2. The Morgan fingerprint density at radius 3 is 2.72 bits per heavy atom. The van der Waals surface area contributed by atoms with E-state index in [1.807, 2.05) is 0 Å². The van der Waals surface area contributed by atoms with Crippen molar-refractivity contribution >= 4 is 29.1 Å². The van der Waals surface area contributed by atoms with Gasteiger partial charge in [0.25, 0.3) is 5.91 Å². The zero-order valence-corrected chi connectivity index (χ0v) is 11.7. The quantitative estimate of drug-likeness (QED) is 0.819. The molecule has 0 heterocycles. The van der Waals surface area contributed by atoms with E-state index in [-0.39, 0.29) is 17.8 Å². The Labute approximate surface area is 116 Å². The monoisotopic (exact) mass is 291 g/mol. The topological polar surface area (TPSA) is 47.6 Å². The summed E-state index contributed by atoms with van der Waals surface area (Å²) < 4.78 is 10.1. The molecule has 100 valence electrons. The first-order valence-electron chi connectivity index (χ1n) is 5.31. The molecule has 0 aliphatic rings. The molecule has 0 radical (unpaired) electrons. The van der Waals surface area contributed by atoms with Crippen molar-refractivity contribution in [2.45, 2.75) is 6.04 Å². The number of amides is 1. The summed E-state index contributed by atoms with van der Waals surface area (Å²) in [5.41, 5.74) is 0.410. The van der Waals surface area contributed by atoms with E-state index >= 15 is 0 Å². The number of benzene rings is 1. The zero-order valence-electron chi connectivity index (χ0n) is 10.2. The zero-order chi connectivity index (χ0) is 13.5. The van der Waals surface area contributed by atoms with Gasteiger partial charge in [-0.05, 0) is 18.2 Å². The molecule has 0 saturated heterocycles. The molecule has 0 bridgehead atoms. The Balaban J connectivity index is 2.83. The van der Waals surface area contributed by atoms with Crippen molar-refractivity contribution < 1.29 is 14.3 Å². The molecule has 18 heavy (non-hydrogen) atoms. The van der Waals surface area contributed by atoms with Crippen LogP contribution in [0.4, 0.5) is 0 Å². The fraction of sp³-hybridized carbons (Fsp3) is 0.417. The molecule has 1 aromatic rings. The molecule has 0 aliphatic heterocycles. The molecule has 4 nitrogen and oxygen atoms in total. The van der Waals surface area contributed by atoms with E-state index in [0.717, 1.165) is 0 Å². The maximum absolute atomic E-state index is 12.0. The number of carbonyl (C=O) groups excluding carboxylic acids is 1. The Bertz CT molecular complexity index is 412. The lowest BCUT2D eigenvalue weighted by Gasteiger charge is -2.16. The van der Waals surface area contributed by atoms with E-state index in [4.69, 9.17) is 32.7 Å². The lowest BCUT2D eigenvalue weighted by atomic mass is 10.1. The van der Waals surface area contributed by atoms with Crippen LogP contribution in [0.1, 0.15) is 10.4 Å². The first-order chi connectivity index (χ1) is 8.62. The molecule has 0 spiro atoms. The molecular weight excluding hydrogens is 277 g/mol. The third-order valence-corrected chi connectivity index (χ3v) is 2.91. The van der Waals surface area contributed by atoms with Crippen LogP contribution < -0.4 is 10.1 Å². The number of nitrogens with one attached hydrogen (secondary N) is 1. The van der Waals surface area contributed by atoms with Crippen molar-refractivity contribution in [1.29, 1.82) is 0 Å². The van der Waals surface area contributed by atoms with Gasteiger partial charge in [-0.2, -0.15) is 0 Å². The first-order valence-corrected chi connectivity index (χ1v) is 6.23. The van der Waals surface area contributed by atoms with Crippen LogP contribution in [-0.2, 0) is 4.74 Å². The number of alkyl halides is 1. The minimum atomic E-state index is -0.272. The van der Waals surface area contributed by atoms with Gasteiger partial charge in [0.15, 0.2) is 0 Å². The van der Waals surface area contributed by atoms with Crippen LogP contribution in [0.25, 0.3) is 0 Å². The van der Waals surface area contributed by atoms with Crippen molar-refractivity contribution in [1.82, 2.24) is 5.32 Å². The molecule has 1 atom stereocenters. The summed E-state index contributed by atoms with van der Waals surface area (Å²) >= 11 is 11.6. The van der Waals surface area contributed by atoms with Gasteiger partial charge >= 0.3 is 0 Å². The van der Waals surface area contributed by atoms with Gasteiger partial charge in [0.05, 0.1) is 25.3 Å². The summed E-state index contributed by atoms with van der Waals surface area (Å²) in [5, 5.41) is 3.27. The van der Waals surface area contributed by atoms with Crippen molar-refractivity contribution in [3.8, 4) is 5.75 Å². The van der Waals surface area contributed by atoms with Crippen molar-refractivity contribution in [3.63, 3.8) is 0 Å². The molecule has 1 aromatic carbocycles. The molecular formula is C12H15Cl2NO3. The van der Waals surface area contributed by atoms with E-state index < -0.39 is 0 Å². The van der Waals surface area contributed by atoms with Crippen LogP contribution >= 0.6 is 23.2 Å². The molecule has 0 fully saturated rings. The maximum Gasteiger partial charge on any atom is 0.255 e. The highest BCUT2D eigenvalue weighted by Crippen LogP contribution is 2.23. The second-order valence-corrected chi connectivity index (χ2v) is 4.37. The Kier molecular flexibility index (Phi) is 6.25. The van der Waals surface area contributed by atoms with Gasteiger partial charge in [0.1, 0.15) is 5.75 Å². The van der Waals surface area contributed by atoms with Crippen molar-refractivity contribution in [2.24, 2.45) is 0 Å². The summed E-state index contributed by atoms with van der Waals surface area (Å²) in [4.78, 5) is 12.0. The number of methoxy groups -OCH3 is 2. The molecule has 1 rings (SSSR count). The number of hydrogen-bond acceptors (Lipinski definition) is 3. The second kappa shape index (κ2) is 7.46. The van der Waals surface area contributed by atoms with E-state index in [0.29, 0.717) is 22.9 Å². The number of rotatable bonds is 6. The Hall–Kier alpha value is -0.970. The largest absolute Gasteiger partial charge is 0.496 e.